The van der Waals surface area contributed by atoms with E-state index in [1.54, 1.807) is 0 Å². The first-order valence-corrected chi connectivity index (χ1v) is 6.66. The molecule has 1 atom stereocenters. The van der Waals surface area contributed by atoms with Gasteiger partial charge >= 0.3 is 0 Å². The van der Waals surface area contributed by atoms with E-state index in [0.717, 1.165) is 18.8 Å². The van der Waals surface area contributed by atoms with Crippen molar-refractivity contribution in [3.05, 3.63) is 29.8 Å². The van der Waals surface area contributed by atoms with Gasteiger partial charge in [0.1, 0.15) is 0 Å². The Morgan fingerprint density at radius 1 is 1.47 bits per heavy atom. The zero-order valence-corrected chi connectivity index (χ0v) is 11.9. The molecule has 0 aliphatic carbocycles. The second-order valence-electron chi connectivity index (χ2n) is 5.93. The SMILES string of the molecule is CN1CC(CN)N(c2cccc(C#N)c2)C(C)(C)C1. The fourth-order valence-electron chi connectivity index (χ4n) is 3.20. The second kappa shape index (κ2) is 5.20. The minimum atomic E-state index is 0.00508. The Balaban J connectivity index is 2.41. The highest BCUT2D eigenvalue weighted by Crippen LogP contribution is 2.31. The minimum absolute atomic E-state index is 0.00508. The summed E-state index contributed by atoms with van der Waals surface area (Å²) in [5.41, 5.74) is 7.74. The van der Waals surface area contributed by atoms with E-state index in [1.165, 1.54) is 0 Å². The van der Waals surface area contributed by atoms with Gasteiger partial charge in [0, 0.05) is 30.9 Å². The molecule has 1 aliphatic rings. The molecule has 2 N–H and O–H groups in total. The largest absolute Gasteiger partial charge is 0.360 e. The van der Waals surface area contributed by atoms with Gasteiger partial charge in [0.2, 0.25) is 0 Å². The van der Waals surface area contributed by atoms with Crippen molar-refractivity contribution < 1.29 is 0 Å². The molecule has 1 aromatic carbocycles. The van der Waals surface area contributed by atoms with Crippen LogP contribution >= 0.6 is 0 Å². The molecule has 1 fully saturated rings. The van der Waals surface area contributed by atoms with E-state index in [1.807, 2.05) is 18.2 Å². The van der Waals surface area contributed by atoms with Gasteiger partial charge in [-0.3, -0.25) is 0 Å². The standard InChI is InChI=1S/C15H22N4/c1-15(2)11-18(3)10-14(9-17)19(15)13-6-4-5-12(7-13)8-16/h4-7,14H,9-11,17H2,1-3H3. The molecule has 1 heterocycles. The summed E-state index contributed by atoms with van der Waals surface area (Å²) in [6.07, 6.45) is 0. The lowest BCUT2D eigenvalue weighted by atomic mass is 9.93. The average molecular weight is 258 g/mol. The molecule has 0 amide bonds. The van der Waals surface area contributed by atoms with Gasteiger partial charge in [-0.05, 0) is 39.1 Å². The normalized spacial score (nSPS) is 23.1. The van der Waals surface area contributed by atoms with Crippen LogP contribution in [0.2, 0.25) is 0 Å². The van der Waals surface area contributed by atoms with Gasteiger partial charge in [0.25, 0.3) is 0 Å². The zero-order chi connectivity index (χ0) is 14.0. The predicted octanol–water partition coefficient (Wildman–Crippen LogP) is 1.42. The number of nitrogens with zero attached hydrogens (tertiary/aromatic N) is 3. The zero-order valence-electron chi connectivity index (χ0n) is 11.9. The molecular formula is C15H22N4. The molecule has 2 rings (SSSR count). The number of hydrogen-bond donors (Lipinski definition) is 1. The summed E-state index contributed by atoms with van der Waals surface area (Å²) in [6, 6.07) is 10.3. The van der Waals surface area contributed by atoms with Gasteiger partial charge in [-0.15, -0.1) is 0 Å². The number of rotatable bonds is 2. The molecule has 4 heteroatoms. The van der Waals surface area contributed by atoms with Gasteiger partial charge < -0.3 is 15.5 Å². The highest BCUT2D eigenvalue weighted by atomic mass is 15.3. The molecule has 1 aromatic rings. The Labute approximate surface area is 115 Å². The average Bonchev–Trinajstić information content (AvgIpc) is 2.36. The Hall–Kier alpha value is -1.57. The van der Waals surface area contributed by atoms with Crippen molar-refractivity contribution in [2.45, 2.75) is 25.4 Å². The maximum Gasteiger partial charge on any atom is 0.0992 e. The maximum absolute atomic E-state index is 9.05. The van der Waals surface area contributed by atoms with Crippen LogP contribution in [0.1, 0.15) is 19.4 Å². The Morgan fingerprint density at radius 3 is 2.84 bits per heavy atom. The van der Waals surface area contributed by atoms with Gasteiger partial charge in [0.15, 0.2) is 0 Å². The quantitative estimate of drug-likeness (QED) is 0.871. The van der Waals surface area contributed by atoms with Crippen LogP contribution in [0.3, 0.4) is 0 Å². The van der Waals surface area contributed by atoms with E-state index in [0.29, 0.717) is 12.1 Å². The van der Waals surface area contributed by atoms with E-state index >= 15 is 0 Å². The summed E-state index contributed by atoms with van der Waals surface area (Å²) in [5.74, 6) is 0. The summed E-state index contributed by atoms with van der Waals surface area (Å²) >= 11 is 0. The Kier molecular flexibility index (Phi) is 3.79. The molecule has 0 aromatic heterocycles. The molecule has 102 valence electrons. The van der Waals surface area contributed by atoms with Crippen LogP contribution in [-0.2, 0) is 0 Å². The van der Waals surface area contributed by atoms with Gasteiger partial charge in [0.05, 0.1) is 17.7 Å². The lowest BCUT2D eigenvalue weighted by molar-refractivity contribution is 0.182. The van der Waals surface area contributed by atoms with Crippen molar-refractivity contribution in [3.8, 4) is 6.07 Å². The molecule has 0 spiro atoms. The number of likely N-dealkylation sites (N-methyl/N-ethyl adjacent to an activating group) is 1. The summed E-state index contributed by atoms with van der Waals surface area (Å²) in [5, 5.41) is 9.05. The van der Waals surface area contributed by atoms with Gasteiger partial charge in [-0.25, -0.2) is 0 Å². The molecule has 19 heavy (non-hydrogen) atoms. The number of benzene rings is 1. The smallest absolute Gasteiger partial charge is 0.0992 e. The van der Waals surface area contributed by atoms with Crippen LogP contribution in [0.25, 0.3) is 0 Å². The highest BCUT2D eigenvalue weighted by Gasteiger charge is 2.38. The van der Waals surface area contributed by atoms with Crippen LogP contribution < -0.4 is 10.6 Å². The van der Waals surface area contributed by atoms with Gasteiger partial charge in [-0.1, -0.05) is 6.07 Å². The van der Waals surface area contributed by atoms with E-state index in [9.17, 15) is 0 Å². The monoisotopic (exact) mass is 258 g/mol. The predicted molar refractivity (Wildman–Crippen MR) is 78.1 cm³/mol. The fourth-order valence-corrected chi connectivity index (χ4v) is 3.20. The highest BCUT2D eigenvalue weighted by molar-refractivity contribution is 5.55. The van der Waals surface area contributed by atoms with Crippen LogP contribution in [0.15, 0.2) is 24.3 Å². The Bertz CT molecular complexity index is 489. The minimum Gasteiger partial charge on any atom is -0.360 e. The number of nitriles is 1. The van der Waals surface area contributed by atoms with Crippen LogP contribution in [0, 0.1) is 11.3 Å². The maximum atomic E-state index is 9.05. The van der Waals surface area contributed by atoms with Crippen molar-refractivity contribution >= 4 is 5.69 Å². The third kappa shape index (κ3) is 2.73. The van der Waals surface area contributed by atoms with Crippen LogP contribution in [0.4, 0.5) is 5.69 Å². The van der Waals surface area contributed by atoms with Crippen molar-refractivity contribution in [2.24, 2.45) is 5.73 Å². The molecule has 1 aliphatic heterocycles. The lowest BCUT2D eigenvalue weighted by Crippen LogP contribution is -2.65. The third-order valence-corrected chi connectivity index (χ3v) is 3.72. The molecule has 1 saturated heterocycles. The first kappa shape index (κ1) is 13.9. The van der Waals surface area contributed by atoms with Gasteiger partial charge in [-0.2, -0.15) is 5.26 Å². The van der Waals surface area contributed by atoms with Crippen LogP contribution in [0.5, 0.6) is 0 Å². The first-order valence-electron chi connectivity index (χ1n) is 6.66. The number of anilines is 1. The lowest BCUT2D eigenvalue weighted by Gasteiger charge is -2.52. The molecule has 0 radical (unpaired) electrons. The van der Waals surface area contributed by atoms with E-state index in [-0.39, 0.29) is 11.6 Å². The molecular weight excluding hydrogens is 236 g/mol. The number of hydrogen-bond acceptors (Lipinski definition) is 4. The fraction of sp³-hybridized carbons (Fsp3) is 0.533. The molecule has 0 saturated carbocycles. The first-order chi connectivity index (χ1) is 8.97. The topological polar surface area (TPSA) is 56.3 Å². The summed E-state index contributed by atoms with van der Waals surface area (Å²) in [6.45, 7) is 7.01. The van der Waals surface area contributed by atoms with Crippen LogP contribution in [-0.4, -0.2) is 43.2 Å². The number of nitrogens with two attached hydrogens (primary N) is 1. The van der Waals surface area contributed by atoms with Crippen molar-refractivity contribution in [3.63, 3.8) is 0 Å². The molecule has 4 nitrogen and oxygen atoms in total. The van der Waals surface area contributed by atoms with E-state index < -0.39 is 0 Å². The van der Waals surface area contributed by atoms with Crippen molar-refractivity contribution in [1.82, 2.24) is 4.90 Å². The summed E-state index contributed by atoms with van der Waals surface area (Å²) in [7, 11) is 2.13. The Morgan fingerprint density at radius 2 is 2.21 bits per heavy atom. The van der Waals surface area contributed by atoms with Crippen molar-refractivity contribution in [1.29, 1.82) is 5.26 Å². The van der Waals surface area contributed by atoms with E-state index in [2.05, 4.69) is 42.8 Å². The van der Waals surface area contributed by atoms with E-state index in [4.69, 9.17) is 11.0 Å². The third-order valence-electron chi connectivity index (χ3n) is 3.72. The summed E-state index contributed by atoms with van der Waals surface area (Å²) in [4.78, 5) is 4.69. The second-order valence-corrected chi connectivity index (χ2v) is 5.93. The number of piperazine rings is 1. The molecule has 1 unspecified atom stereocenters. The summed E-state index contributed by atoms with van der Waals surface area (Å²) < 4.78 is 0. The van der Waals surface area contributed by atoms with Crippen molar-refractivity contribution in [2.75, 3.05) is 31.6 Å². The molecule has 0 bridgehead atoms.